The van der Waals surface area contributed by atoms with Crippen molar-refractivity contribution >= 4 is 0 Å². The number of aryl methyl sites for hydroxylation is 2. The maximum Gasteiger partial charge on any atom is 0.122 e. The monoisotopic (exact) mass is 253 g/mol. The van der Waals surface area contributed by atoms with Crippen molar-refractivity contribution < 1.29 is 4.74 Å². The highest BCUT2D eigenvalue weighted by atomic mass is 16.5. The molecular formula is C18H21O. The van der Waals surface area contributed by atoms with Crippen molar-refractivity contribution in [3.63, 3.8) is 0 Å². The van der Waals surface area contributed by atoms with Crippen LogP contribution >= 0.6 is 0 Å². The van der Waals surface area contributed by atoms with E-state index in [0.717, 1.165) is 25.0 Å². The molecule has 2 aromatic rings. The van der Waals surface area contributed by atoms with E-state index in [1.165, 1.54) is 16.7 Å². The molecule has 1 heteroatoms. The molecule has 0 aliphatic rings. The number of hydrogen-bond donors (Lipinski definition) is 0. The quantitative estimate of drug-likeness (QED) is 0.739. The summed E-state index contributed by atoms with van der Waals surface area (Å²) in [5.41, 5.74) is 3.94. The van der Waals surface area contributed by atoms with Crippen molar-refractivity contribution in [2.45, 2.75) is 26.2 Å². The number of ether oxygens (including phenoxy) is 1. The summed E-state index contributed by atoms with van der Waals surface area (Å²) in [6.07, 6.45) is 5.43. The van der Waals surface area contributed by atoms with Gasteiger partial charge in [-0.15, -0.1) is 0 Å². The van der Waals surface area contributed by atoms with Crippen molar-refractivity contribution in [1.29, 1.82) is 0 Å². The molecule has 0 aromatic heterocycles. The molecule has 0 N–H and O–H groups in total. The number of hydrogen-bond acceptors (Lipinski definition) is 1. The molecule has 0 unspecified atom stereocenters. The smallest absolute Gasteiger partial charge is 0.122 e. The minimum absolute atomic E-state index is 0.963. The lowest BCUT2D eigenvalue weighted by Gasteiger charge is -2.10. The lowest BCUT2D eigenvalue weighted by molar-refractivity contribution is 0.412. The number of benzene rings is 2. The first-order chi connectivity index (χ1) is 9.33. The molecule has 0 fully saturated rings. The van der Waals surface area contributed by atoms with Crippen LogP contribution in [0.15, 0.2) is 48.5 Å². The molecule has 0 spiro atoms. The predicted octanol–water partition coefficient (Wildman–Crippen LogP) is 4.44. The maximum atomic E-state index is 5.42. The minimum atomic E-state index is 0.963. The van der Waals surface area contributed by atoms with Crippen LogP contribution in [0.1, 0.15) is 30.0 Å². The van der Waals surface area contributed by atoms with Crippen LogP contribution < -0.4 is 4.74 Å². The third-order valence-corrected chi connectivity index (χ3v) is 3.34. The zero-order valence-electron chi connectivity index (χ0n) is 11.7. The topological polar surface area (TPSA) is 9.23 Å². The van der Waals surface area contributed by atoms with E-state index in [1.807, 2.05) is 0 Å². The van der Waals surface area contributed by atoms with Gasteiger partial charge in [0.1, 0.15) is 5.75 Å². The van der Waals surface area contributed by atoms with E-state index in [2.05, 4.69) is 61.9 Å². The Hall–Kier alpha value is -1.76. The van der Waals surface area contributed by atoms with Crippen LogP contribution in [0.4, 0.5) is 0 Å². The summed E-state index contributed by atoms with van der Waals surface area (Å²) in [5.74, 6) is 0.963. The molecule has 1 radical (unpaired) electrons. The lowest BCUT2D eigenvalue weighted by Crippen LogP contribution is -1.94. The highest BCUT2D eigenvalue weighted by molar-refractivity contribution is 5.42. The Morgan fingerprint density at radius 1 is 1.00 bits per heavy atom. The molecule has 0 aliphatic carbocycles. The largest absolute Gasteiger partial charge is 0.496 e. The second kappa shape index (κ2) is 6.98. The normalized spacial score (nSPS) is 10.4. The highest BCUT2D eigenvalue weighted by Gasteiger charge is 2.04. The zero-order valence-corrected chi connectivity index (χ0v) is 11.7. The Bertz CT molecular complexity index is 502. The van der Waals surface area contributed by atoms with Crippen molar-refractivity contribution in [2.24, 2.45) is 0 Å². The average Bonchev–Trinajstić information content (AvgIpc) is 2.48. The molecule has 0 heterocycles. The fraction of sp³-hybridized carbons (Fsp3) is 0.278. The van der Waals surface area contributed by atoms with Gasteiger partial charge in [0.15, 0.2) is 0 Å². The summed E-state index contributed by atoms with van der Waals surface area (Å²) in [5, 5.41) is 0. The Labute approximate surface area is 116 Å². The minimum Gasteiger partial charge on any atom is -0.496 e. The Morgan fingerprint density at radius 2 is 1.79 bits per heavy atom. The van der Waals surface area contributed by atoms with Gasteiger partial charge in [-0.3, -0.25) is 0 Å². The van der Waals surface area contributed by atoms with E-state index in [0.29, 0.717) is 0 Å². The molecule has 99 valence electrons. The number of methoxy groups -OCH3 is 1. The molecule has 0 amide bonds. The first kappa shape index (κ1) is 13.7. The van der Waals surface area contributed by atoms with Gasteiger partial charge in [-0.1, -0.05) is 49.4 Å². The molecule has 0 saturated carbocycles. The van der Waals surface area contributed by atoms with Crippen LogP contribution in [0.3, 0.4) is 0 Å². The van der Waals surface area contributed by atoms with Crippen molar-refractivity contribution in [3.05, 3.63) is 71.6 Å². The third kappa shape index (κ3) is 3.85. The molecule has 0 aliphatic heterocycles. The first-order valence-corrected chi connectivity index (χ1v) is 6.87. The molecule has 2 rings (SSSR count). The summed E-state index contributed by atoms with van der Waals surface area (Å²) >= 11 is 0. The summed E-state index contributed by atoms with van der Waals surface area (Å²) in [6, 6.07) is 17.0. The van der Waals surface area contributed by atoms with Crippen LogP contribution in [-0.4, -0.2) is 7.11 Å². The van der Waals surface area contributed by atoms with Gasteiger partial charge >= 0.3 is 0 Å². The van der Waals surface area contributed by atoms with Gasteiger partial charge in [-0.05, 0) is 48.4 Å². The van der Waals surface area contributed by atoms with E-state index in [-0.39, 0.29) is 0 Å². The Balaban J connectivity index is 1.98. The maximum absolute atomic E-state index is 5.42. The predicted molar refractivity (Wildman–Crippen MR) is 80.5 cm³/mol. The molecule has 1 nitrogen and oxygen atoms in total. The van der Waals surface area contributed by atoms with E-state index < -0.39 is 0 Å². The summed E-state index contributed by atoms with van der Waals surface area (Å²) in [6.45, 7) is 2.18. The highest BCUT2D eigenvalue weighted by Crippen LogP contribution is 2.23. The fourth-order valence-corrected chi connectivity index (χ4v) is 2.20. The molecule has 0 atom stereocenters. The zero-order chi connectivity index (χ0) is 13.5. The van der Waals surface area contributed by atoms with Crippen molar-refractivity contribution in [2.75, 3.05) is 7.11 Å². The van der Waals surface area contributed by atoms with Gasteiger partial charge in [-0.2, -0.15) is 0 Å². The van der Waals surface area contributed by atoms with E-state index >= 15 is 0 Å². The van der Waals surface area contributed by atoms with E-state index in [9.17, 15) is 0 Å². The van der Waals surface area contributed by atoms with E-state index in [4.69, 9.17) is 4.74 Å². The van der Waals surface area contributed by atoms with Gasteiger partial charge in [0.25, 0.3) is 0 Å². The Kier molecular flexibility index (Phi) is 5.02. The average molecular weight is 253 g/mol. The molecule has 19 heavy (non-hydrogen) atoms. The van der Waals surface area contributed by atoms with Crippen molar-refractivity contribution in [3.8, 4) is 5.75 Å². The lowest BCUT2D eigenvalue weighted by atomic mass is 10.0. The van der Waals surface area contributed by atoms with Gasteiger partial charge in [0.2, 0.25) is 0 Å². The Morgan fingerprint density at radius 3 is 2.47 bits per heavy atom. The summed E-state index contributed by atoms with van der Waals surface area (Å²) in [7, 11) is 1.73. The number of rotatable bonds is 6. The SMILES string of the molecule is CCc1ccc(OC)c([CH]CCc2ccccc2)c1. The second-order valence-electron chi connectivity index (χ2n) is 4.66. The fourth-order valence-electron chi connectivity index (χ4n) is 2.20. The first-order valence-electron chi connectivity index (χ1n) is 6.87. The summed E-state index contributed by atoms with van der Waals surface area (Å²) in [4.78, 5) is 0. The standard InChI is InChI=1S/C18H21O/c1-3-15-12-13-18(19-2)17(14-15)11-7-10-16-8-5-4-6-9-16/h4-6,8-9,11-14H,3,7,10H2,1-2H3. The van der Waals surface area contributed by atoms with Gasteiger partial charge in [0, 0.05) is 0 Å². The van der Waals surface area contributed by atoms with Crippen LogP contribution in [0.25, 0.3) is 0 Å². The summed E-state index contributed by atoms with van der Waals surface area (Å²) < 4.78 is 5.42. The molecule has 0 saturated heterocycles. The second-order valence-corrected chi connectivity index (χ2v) is 4.66. The van der Waals surface area contributed by atoms with Gasteiger partial charge < -0.3 is 4.74 Å². The van der Waals surface area contributed by atoms with E-state index in [1.54, 1.807) is 7.11 Å². The van der Waals surface area contributed by atoms with Crippen LogP contribution in [0, 0.1) is 6.42 Å². The molecular weight excluding hydrogens is 232 g/mol. The van der Waals surface area contributed by atoms with Gasteiger partial charge in [-0.25, -0.2) is 0 Å². The molecule has 2 aromatic carbocycles. The van der Waals surface area contributed by atoms with Gasteiger partial charge in [0.05, 0.1) is 7.11 Å². The van der Waals surface area contributed by atoms with Crippen LogP contribution in [0.2, 0.25) is 0 Å². The van der Waals surface area contributed by atoms with Crippen LogP contribution in [-0.2, 0) is 12.8 Å². The van der Waals surface area contributed by atoms with Crippen LogP contribution in [0.5, 0.6) is 5.75 Å². The molecule has 0 bridgehead atoms. The third-order valence-electron chi connectivity index (χ3n) is 3.34. The van der Waals surface area contributed by atoms with Crippen molar-refractivity contribution in [1.82, 2.24) is 0 Å².